The van der Waals surface area contributed by atoms with E-state index in [1.54, 1.807) is 0 Å². The van der Waals surface area contributed by atoms with Crippen LogP contribution in [0.25, 0.3) is 0 Å². The molecule has 1 heterocycles. The van der Waals surface area contributed by atoms with E-state index < -0.39 is 5.60 Å². The van der Waals surface area contributed by atoms with Gasteiger partial charge >= 0.3 is 6.09 Å². The van der Waals surface area contributed by atoms with Gasteiger partial charge in [0.05, 0.1) is 0 Å². The van der Waals surface area contributed by atoms with E-state index in [0.717, 1.165) is 45.1 Å². The summed E-state index contributed by atoms with van der Waals surface area (Å²) in [5.74, 6) is 0.699. The van der Waals surface area contributed by atoms with Crippen molar-refractivity contribution >= 4 is 12.4 Å². The summed E-state index contributed by atoms with van der Waals surface area (Å²) < 4.78 is 5.37. The predicted octanol–water partition coefficient (Wildman–Crippen LogP) is 3.39. The maximum absolute atomic E-state index is 11.9. The number of carbonyl (C=O) groups excluding carboxylic acids is 2. The van der Waals surface area contributed by atoms with Gasteiger partial charge in [-0.25, -0.2) is 4.79 Å². The fourth-order valence-corrected chi connectivity index (χ4v) is 2.39. The van der Waals surface area contributed by atoms with Crippen molar-refractivity contribution in [3.05, 3.63) is 0 Å². The summed E-state index contributed by atoms with van der Waals surface area (Å²) >= 11 is 0. The van der Waals surface area contributed by atoms with Crippen LogP contribution in [-0.4, -0.2) is 36.0 Å². The minimum absolute atomic E-state index is 0.188. The Balaban J connectivity index is 2.21. The van der Waals surface area contributed by atoms with Crippen LogP contribution in [0.1, 0.15) is 59.3 Å². The highest BCUT2D eigenvalue weighted by atomic mass is 16.6. The Morgan fingerprint density at radius 3 is 2.42 bits per heavy atom. The van der Waals surface area contributed by atoms with Crippen molar-refractivity contribution in [1.82, 2.24) is 4.90 Å². The lowest BCUT2D eigenvalue weighted by molar-refractivity contribution is -0.107. The molecule has 0 aromatic rings. The fourth-order valence-electron chi connectivity index (χ4n) is 2.39. The van der Waals surface area contributed by atoms with E-state index in [-0.39, 0.29) is 6.09 Å². The average Bonchev–Trinajstić information content (AvgIpc) is 2.33. The van der Waals surface area contributed by atoms with Crippen LogP contribution in [0.5, 0.6) is 0 Å². The second-order valence-corrected chi connectivity index (χ2v) is 6.36. The van der Waals surface area contributed by atoms with Gasteiger partial charge in [0.2, 0.25) is 0 Å². The number of unbranched alkanes of at least 4 members (excludes halogenated alkanes) is 2. The maximum Gasteiger partial charge on any atom is 0.410 e. The van der Waals surface area contributed by atoms with Crippen LogP contribution >= 0.6 is 0 Å². The van der Waals surface area contributed by atoms with Crippen molar-refractivity contribution in [2.24, 2.45) is 5.92 Å². The lowest BCUT2D eigenvalue weighted by atomic mass is 9.91. The van der Waals surface area contributed by atoms with Crippen LogP contribution in [0.4, 0.5) is 4.79 Å². The number of hydrogen-bond donors (Lipinski definition) is 0. The van der Waals surface area contributed by atoms with E-state index in [2.05, 4.69) is 0 Å². The largest absolute Gasteiger partial charge is 0.444 e. The molecule has 1 amide bonds. The van der Waals surface area contributed by atoms with Gasteiger partial charge in [-0.15, -0.1) is 0 Å². The van der Waals surface area contributed by atoms with Gasteiger partial charge in [0.1, 0.15) is 11.9 Å². The van der Waals surface area contributed by atoms with Gasteiger partial charge in [-0.3, -0.25) is 0 Å². The van der Waals surface area contributed by atoms with Gasteiger partial charge in [-0.1, -0.05) is 12.8 Å². The molecule has 1 aliphatic heterocycles. The molecule has 0 saturated carbocycles. The molecule has 0 unspecified atom stereocenters. The van der Waals surface area contributed by atoms with E-state index in [0.29, 0.717) is 12.3 Å². The van der Waals surface area contributed by atoms with Crippen LogP contribution in [0.2, 0.25) is 0 Å². The van der Waals surface area contributed by atoms with Gasteiger partial charge in [-0.2, -0.15) is 0 Å². The second-order valence-electron chi connectivity index (χ2n) is 6.36. The molecular weight excluding hydrogens is 242 g/mol. The minimum Gasteiger partial charge on any atom is -0.444 e. The van der Waals surface area contributed by atoms with E-state index in [1.165, 1.54) is 6.42 Å². The van der Waals surface area contributed by atoms with Crippen molar-refractivity contribution in [2.45, 2.75) is 64.9 Å². The molecule has 1 saturated heterocycles. The Bertz CT molecular complexity index is 288. The van der Waals surface area contributed by atoms with Gasteiger partial charge in [0, 0.05) is 19.5 Å². The van der Waals surface area contributed by atoms with Crippen LogP contribution < -0.4 is 0 Å². The van der Waals surface area contributed by atoms with Gasteiger partial charge in [0.25, 0.3) is 0 Å². The standard InChI is InChI=1S/C15H27NO3/c1-15(2,3)19-14(18)16-10-8-13(9-11-16)7-5-4-6-12-17/h12-13H,4-11H2,1-3H3. The summed E-state index contributed by atoms with van der Waals surface area (Å²) in [6.07, 6.45) is 6.89. The number of hydrogen-bond acceptors (Lipinski definition) is 3. The topological polar surface area (TPSA) is 46.6 Å². The van der Waals surface area contributed by atoms with E-state index in [1.807, 2.05) is 25.7 Å². The number of aldehydes is 1. The zero-order valence-electron chi connectivity index (χ0n) is 12.5. The highest BCUT2D eigenvalue weighted by molar-refractivity contribution is 5.68. The molecule has 0 spiro atoms. The first-order valence-corrected chi connectivity index (χ1v) is 7.34. The number of likely N-dealkylation sites (tertiary alicyclic amines) is 1. The summed E-state index contributed by atoms with van der Waals surface area (Å²) in [6, 6.07) is 0. The zero-order chi connectivity index (χ0) is 14.3. The molecule has 19 heavy (non-hydrogen) atoms. The molecule has 0 aromatic carbocycles. The molecule has 110 valence electrons. The van der Waals surface area contributed by atoms with Crippen molar-refractivity contribution < 1.29 is 14.3 Å². The lowest BCUT2D eigenvalue weighted by Crippen LogP contribution is -2.41. The smallest absolute Gasteiger partial charge is 0.410 e. The molecule has 1 rings (SSSR count). The normalized spacial score (nSPS) is 17.3. The van der Waals surface area contributed by atoms with E-state index >= 15 is 0 Å². The molecule has 0 aliphatic carbocycles. The average molecular weight is 269 g/mol. The third kappa shape index (κ3) is 6.60. The molecule has 0 radical (unpaired) electrons. The van der Waals surface area contributed by atoms with Crippen LogP contribution in [0.3, 0.4) is 0 Å². The first-order chi connectivity index (χ1) is 8.92. The van der Waals surface area contributed by atoms with Crippen molar-refractivity contribution in [3.8, 4) is 0 Å². The van der Waals surface area contributed by atoms with E-state index in [9.17, 15) is 9.59 Å². The number of carbonyl (C=O) groups is 2. The summed E-state index contributed by atoms with van der Waals surface area (Å²) in [4.78, 5) is 23.9. The number of piperidine rings is 1. The van der Waals surface area contributed by atoms with Crippen molar-refractivity contribution in [3.63, 3.8) is 0 Å². The quantitative estimate of drug-likeness (QED) is 0.567. The van der Waals surface area contributed by atoms with Gasteiger partial charge in [-0.05, 0) is 46.0 Å². The molecule has 4 nitrogen and oxygen atoms in total. The number of ether oxygens (including phenoxy) is 1. The lowest BCUT2D eigenvalue weighted by Gasteiger charge is -2.33. The van der Waals surface area contributed by atoms with Crippen molar-refractivity contribution in [1.29, 1.82) is 0 Å². The second kappa shape index (κ2) is 7.51. The zero-order valence-corrected chi connectivity index (χ0v) is 12.5. The molecule has 4 heteroatoms. The Kier molecular flexibility index (Phi) is 6.32. The van der Waals surface area contributed by atoms with Crippen molar-refractivity contribution in [2.75, 3.05) is 13.1 Å². The number of nitrogens with zero attached hydrogens (tertiary/aromatic N) is 1. The Labute approximate surface area is 116 Å². The maximum atomic E-state index is 11.9. The first kappa shape index (κ1) is 16.0. The molecule has 1 fully saturated rings. The SMILES string of the molecule is CC(C)(C)OC(=O)N1CCC(CCCCC=O)CC1. The Morgan fingerprint density at radius 2 is 1.89 bits per heavy atom. The van der Waals surface area contributed by atoms with Gasteiger partial charge in [0.15, 0.2) is 0 Å². The third-order valence-corrected chi connectivity index (χ3v) is 3.45. The Hall–Kier alpha value is -1.06. The predicted molar refractivity (Wildman–Crippen MR) is 75.1 cm³/mol. The molecule has 0 bridgehead atoms. The van der Waals surface area contributed by atoms with Gasteiger partial charge < -0.3 is 14.4 Å². The van der Waals surface area contributed by atoms with Crippen LogP contribution in [-0.2, 0) is 9.53 Å². The summed E-state index contributed by atoms with van der Waals surface area (Å²) in [5, 5.41) is 0. The molecule has 0 atom stereocenters. The summed E-state index contributed by atoms with van der Waals surface area (Å²) in [6.45, 7) is 7.28. The number of amides is 1. The molecule has 0 aromatic heterocycles. The molecule has 0 N–H and O–H groups in total. The third-order valence-electron chi connectivity index (χ3n) is 3.45. The Morgan fingerprint density at radius 1 is 1.26 bits per heavy atom. The minimum atomic E-state index is -0.414. The van der Waals surface area contributed by atoms with Crippen LogP contribution in [0, 0.1) is 5.92 Å². The number of rotatable bonds is 5. The first-order valence-electron chi connectivity index (χ1n) is 7.34. The molecular formula is C15H27NO3. The molecule has 1 aliphatic rings. The summed E-state index contributed by atoms with van der Waals surface area (Å²) in [5.41, 5.74) is -0.414. The fraction of sp³-hybridized carbons (Fsp3) is 0.867. The highest BCUT2D eigenvalue weighted by Crippen LogP contribution is 2.24. The van der Waals surface area contributed by atoms with E-state index in [4.69, 9.17) is 4.74 Å². The summed E-state index contributed by atoms with van der Waals surface area (Å²) in [7, 11) is 0. The van der Waals surface area contributed by atoms with Crippen LogP contribution in [0.15, 0.2) is 0 Å². The monoisotopic (exact) mass is 269 g/mol. The highest BCUT2D eigenvalue weighted by Gasteiger charge is 2.26.